The van der Waals surface area contributed by atoms with Gasteiger partial charge in [-0.25, -0.2) is 4.68 Å². The lowest BCUT2D eigenvalue weighted by atomic mass is 10.0. The molecule has 2 aromatic carbocycles. The van der Waals surface area contributed by atoms with Crippen LogP contribution in [0.5, 0.6) is 11.5 Å². The fourth-order valence-corrected chi connectivity index (χ4v) is 4.39. The van der Waals surface area contributed by atoms with Gasteiger partial charge in [-0.05, 0) is 48.9 Å². The summed E-state index contributed by atoms with van der Waals surface area (Å²) in [4.78, 5) is 12.3. The van der Waals surface area contributed by atoms with Crippen LogP contribution >= 0.6 is 11.8 Å². The van der Waals surface area contributed by atoms with E-state index in [1.165, 1.54) is 0 Å². The Hall–Kier alpha value is -2.93. The lowest BCUT2D eigenvalue weighted by Gasteiger charge is -2.15. The molecule has 6 nitrogen and oxygen atoms in total. The van der Waals surface area contributed by atoms with Crippen molar-refractivity contribution in [2.24, 2.45) is 0 Å². The Bertz CT molecular complexity index is 981. The number of rotatable bonds is 3. The first-order valence-corrected chi connectivity index (χ1v) is 9.56. The van der Waals surface area contributed by atoms with Gasteiger partial charge in [-0.15, -0.1) is 11.8 Å². The van der Waals surface area contributed by atoms with Crippen LogP contribution in [0.4, 0.5) is 5.82 Å². The number of phenols is 1. The van der Waals surface area contributed by atoms with Crippen molar-refractivity contribution in [1.82, 2.24) is 9.78 Å². The fraction of sp³-hybridized carbons (Fsp3) is 0.200. The molecule has 1 aromatic heterocycles. The monoisotopic (exact) mass is 381 g/mol. The van der Waals surface area contributed by atoms with E-state index in [1.807, 2.05) is 43.3 Å². The molecule has 1 atom stereocenters. The minimum absolute atomic E-state index is 0.0495. The van der Waals surface area contributed by atoms with Crippen molar-refractivity contribution < 1.29 is 14.6 Å². The van der Waals surface area contributed by atoms with Gasteiger partial charge in [0.15, 0.2) is 0 Å². The van der Waals surface area contributed by atoms with Crippen molar-refractivity contribution in [3.05, 3.63) is 65.4 Å². The molecular formula is C20H19N3O3S. The number of hydrogen-bond acceptors (Lipinski definition) is 5. The molecule has 0 saturated carbocycles. The molecular weight excluding hydrogens is 362 g/mol. The first-order valence-electron chi connectivity index (χ1n) is 8.51. The highest BCUT2D eigenvalue weighted by Crippen LogP contribution is 2.44. The zero-order chi connectivity index (χ0) is 19.0. The number of nitrogens with one attached hydrogen (secondary N) is 1. The predicted octanol–water partition coefficient (Wildman–Crippen LogP) is 3.67. The van der Waals surface area contributed by atoms with Gasteiger partial charge in [-0.2, -0.15) is 5.10 Å². The van der Waals surface area contributed by atoms with Crippen molar-refractivity contribution in [2.45, 2.75) is 12.2 Å². The summed E-state index contributed by atoms with van der Waals surface area (Å²) in [6.45, 7) is 1.95. The maximum atomic E-state index is 12.3. The first kappa shape index (κ1) is 17.5. The van der Waals surface area contributed by atoms with E-state index < -0.39 is 0 Å². The van der Waals surface area contributed by atoms with Gasteiger partial charge in [0.1, 0.15) is 17.3 Å². The largest absolute Gasteiger partial charge is 0.508 e. The summed E-state index contributed by atoms with van der Waals surface area (Å²) in [7, 11) is 1.62. The van der Waals surface area contributed by atoms with Crippen LogP contribution in [0.15, 0.2) is 48.5 Å². The van der Waals surface area contributed by atoms with Crippen molar-refractivity contribution in [1.29, 1.82) is 0 Å². The number of methoxy groups -OCH3 is 1. The van der Waals surface area contributed by atoms with Gasteiger partial charge in [0, 0.05) is 5.56 Å². The Morgan fingerprint density at radius 1 is 1.19 bits per heavy atom. The lowest BCUT2D eigenvalue weighted by Crippen LogP contribution is -2.15. The number of carbonyl (C=O) groups is 1. The number of aryl methyl sites for hydroxylation is 1. The van der Waals surface area contributed by atoms with Crippen molar-refractivity contribution in [3.8, 4) is 17.2 Å². The highest BCUT2D eigenvalue weighted by Gasteiger charge is 2.30. The molecule has 0 aliphatic carbocycles. The fourth-order valence-electron chi connectivity index (χ4n) is 3.21. The molecule has 1 aliphatic heterocycles. The summed E-state index contributed by atoms with van der Waals surface area (Å²) in [5.41, 5.74) is 3.70. The Balaban J connectivity index is 1.84. The number of phenolic OH excluding ortho intramolecular Hbond substituents is 1. The van der Waals surface area contributed by atoms with Crippen molar-refractivity contribution in [3.63, 3.8) is 0 Å². The van der Waals surface area contributed by atoms with Gasteiger partial charge >= 0.3 is 0 Å². The number of benzene rings is 2. The van der Waals surface area contributed by atoms with E-state index in [1.54, 1.807) is 35.7 Å². The van der Waals surface area contributed by atoms with E-state index in [-0.39, 0.29) is 16.9 Å². The number of amides is 1. The Labute approximate surface area is 161 Å². The van der Waals surface area contributed by atoms with Crippen molar-refractivity contribution >= 4 is 23.5 Å². The molecule has 27 heavy (non-hydrogen) atoms. The maximum absolute atomic E-state index is 12.3. The Kier molecular flexibility index (Phi) is 4.53. The number of fused-ring (bicyclic) bond motifs is 1. The highest BCUT2D eigenvalue weighted by atomic mass is 32.2. The number of carbonyl (C=O) groups excluding carboxylic acids is 1. The number of hydrogen-bond donors (Lipinski definition) is 2. The third-order valence-corrected chi connectivity index (χ3v) is 5.79. The van der Waals surface area contributed by atoms with Crippen LogP contribution in [0.25, 0.3) is 5.69 Å². The van der Waals surface area contributed by atoms with Crippen LogP contribution in [0.3, 0.4) is 0 Å². The minimum Gasteiger partial charge on any atom is -0.508 e. The predicted molar refractivity (Wildman–Crippen MR) is 106 cm³/mol. The van der Waals surface area contributed by atoms with E-state index in [0.29, 0.717) is 11.6 Å². The number of nitrogens with zero attached hydrogens (tertiary/aromatic N) is 2. The van der Waals surface area contributed by atoms with Gasteiger partial charge in [0.2, 0.25) is 5.91 Å². The van der Waals surface area contributed by atoms with Gasteiger partial charge < -0.3 is 15.2 Å². The van der Waals surface area contributed by atoms with Gasteiger partial charge in [-0.3, -0.25) is 4.79 Å². The molecule has 0 fully saturated rings. The number of thioether (sulfide) groups is 1. The standard InChI is InChI=1S/C20H19N3O3S/c1-12-18-19(13-3-7-15(24)8-4-13)27-11-17(25)21-20(18)23(22-12)14-5-9-16(26-2)10-6-14/h3-10,19,24H,11H2,1-2H3,(H,21,25)/t19-/m0/s1. The van der Waals surface area contributed by atoms with E-state index >= 15 is 0 Å². The molecule has 0 bridgehead atoms. The summed E-state index contributed by atoms with van der Waals surface area (Å²) < 4.78 is 6.99. The average molecular weight is 381 g/mol. The average Bonchev–Trinajstić information content (AvgIpc) is 2.88. The lowest BCUT2D eigenvalue weighted by molar-refractivity contribution is -0.113. The van der Waals surface area contributed by atoms with E-state index in [2.05, 4.69) is 10.4 Å². The van der Waals surface area contributed by atoms with Gasteiger partial charge in [-0.1, -0.05) is 12.1 Å². The van der Waals surface area contributed by atoms with Crippen LogP contribution < -0.4 is 10.1 Å². The van der Waals surface area contributed by atoms with Crippen LogP contribution in [-0.2, 0) is 4.79 Å². The van der Waals surface area contributed by atoms with Crippen LogP contribution in [0.1, 0.15) is 22.1 Å². The summed E-state index contributed by atoms with van der Waals surface area (Å²) in [6.07, 6.45) is 0. The second-order valence-electron chi connectivity index (χ2n) is 6.29. The van der Waals surface area contributed by atoms with Crippen LogP contribution in [-0.4, -0.2) is 33.7 Å². The van der Waals surface area contributed by atoms with E-state index in [9.17, 15) is 9.90 Å². The number of aromatic nitrogens is 2. The summed E-state index contributed by atoms with van der Waals surface area (Å²) in [5, 5.41) is 17.2. The zero-order valence-electron chi connectivity index (χ0n) is 15.0. The zero-order valence-corrected chi connectivity index (χ0v) is 15.8. The minimum atomic E-state index is -0.0582. The van der Waals surface area contributed by atoms with E-state index in [0.717, 1.165) is 28.3 Å². The summed E-state index contributed by atoms with van der Waals surface area (Å²) in [5.74, 6) is 1.96. The second kappa shape index (κ2) is 7.00. The summed E-state index contributed by atoms with van der Waals surface area (Å²) in [6, 6.07) is 14.6. The molecule has 1 amide bonds. The molecule has 1 aliphatic rings. The van der Waals surface area contributed by atoms with Crippen LogP contribution in [0, 0.1) is 6.92 Å². The highest BCUT2D eigenvalue weighted by molar-refractivity contribution is 8.00. The smallest absolute Gasteiger partial charge is 0.235 e. The number of aromatic hydroxyl groups is 1. The van der Waals surface area contributed by atoms with Gasteiger partial charge in [0.25, 0.3) is 0 Å². The molecule has 7 heteroatoms. The molecule has 4 rings (SSSR count). The molecule has 0 radical (unpaired) electrons. The molecule has 0 unspecified atom stereocenters. The number of ether oxygens (including phenoxy) is 1. The molecule has 2 N–H and O–H groups in total. The summed E-state index contributed by atoms with van der Waals surface area (Å²) >= 11 is 1.56. The third-order valence-electron chi connectivity index (χ3n) is 4.52. The first-order chi connectivity index (χ1) is 13.1. The van der Waals surface area contributed by atoms with Crippen molar-refractivity contribution in [2.75, 3.05) is 18.2 Å². The Morgan fingerprint density at radius 3 is 2.56 bits per heavy atom. The Morgan fingerprint density at radius 2 is 1.89 bits per heavy atom. The molecule has 0 spiro atoms. The molecule has 2 heterocycles. The topological polar surface area (TPSA) is 76.4 Å². The third kappa shape index (κ3) is 3.26. The molecule has 3 aromatic rings. The molecule has 0 saturated heterocycles. The molecule has 138 valence electrons. The SMILES string of the molecule is COc1ccc(-n2nc(C)c3c2NC(=O)CS[C@H]3c2ccc(O)cc2)cc1. The normalized spacial score (nSPS) is 16.4. The quantitative estimate of drug-likeness (QED) is 0.724. The van der Waals surface area contributed by atoms with Gasteiger partial charge in [0.05, 0.1) is 29.5 Å². The van der Waals surface area contributed by atoms with E-state index in [4.69, 9.17) is 4.74 Å². The number of anilines is 1. The van der Waals surface area contributed by atoms with Crippen LogP contribution in [0.2, 0.25) is 0 Å². The second-order valence-corrected chi connectivity index (χ2v) is 7.38. The maximum Gasteiger partial charge on any atom is 0.235 e.